The fourth-order valence-corrected chi connectivity index (χ4v) is 2.71. The predicted octanol–water partition coefficient (Wildman–Crippen LogP) is 1.73. The van der Waals surface area contributed by atoms with Crippen LogP contribution in [0.15, 0.2) is 60.0 Å². The van der Waals surface area contributed by atoms with E-state index in [-0.39, 0.29) is 5.16 Å². The number of rotatable bonds is 3. The lowest BCUT2D eigenvalue weighted by molar-refractivity contribution is 0.589. The van der Waals surface area contributed by atoms with Gasteiger partial charge in [0.25, 0.3) is 5.16 Å². The Hall–Kier alpha value is -2.54. The van der Waals surface area contributed by atoms with E-state index >= 15 is 0 Å². The number of hydrogen-bond donors (Lipinski definition) is 0. The highest BCUT2D eigenvalue weighted by Gasteiger charge is 2.22. The van der Waals surface area contributed by atoms with Gasteiger partial charge in [0.05, 0.1) is 0 Å². The summed E-state index contributed by atoms with van der Waals surface area (Å²) in [6.07, 6.45) is 4.38. The van der Waals surface area contributed by atoms with Gasteiger partial charge in [-0.05, 0) is 24.3 Å². The summed E-state index contributed by atoms with van der Waals surface area (Å²) in [5.74, 6) is 0.440. The van der Waals surface area contributed by atoms with E-state index in [2.05, 4.69) is 15.2 Å². The number of pyridine rings is 1. The third kappa shape index (κ3) is 2.55. The van der Waals surface area contributed by atoms with Crippen LogP contribution in [0, 0.1) is 0 Å². The molecule has 0 aliphatic rings. The molecule has 3 aromatic rings. The second-order valence-electron chi connectivity index (χ2n) is 4.49. The summed E-state index contributed by atoms with van der Waals surface area (Å²) in [5, 5.41) is 7.77. The summed E-state index contributed by atoms with van der Waals surface area (Å²) in [6.45, 7) is 0. The number of hydrogen-bond acceptors (Lipinski definition) is 5. The molecule has 0 aliphatic carbocycles. The predicted molar refractivity (Wildman–Crippen MR) is 77.7 cm³/mol. The van der Waals surface area contributed by atoms with Crippen LogP contribution in [0.2, 0.25) is 0 Å². The molecule has 106 valence electrons. The summed E-state index contributed by atoms with van der Waals surface area (Å²) in [7, 11) is -3.50. The lowest BCUT2D eigenvalue weighted by Crippen LogP contribution is -2.08. The SMILES string of the molecule is CS(=O)(=O)c1nnc(-c2cccnc2)n1-c1ccccc1. The first kappa shape index (κ1) is 13.4. The molecule has 0 saturated carbocycles. The Morgan fingerprint density at radius 3 is 2.38 bits per heavy atom. The topological polar surface area (TPSA) is 77.7 Å². The standard InChI is InChI=1S/C14H12N4O2S/c1-21(19,20)14-17-16-13(11-6-5-9-15-10-11)18(14)12-7-3-2-4-8-12/h2-10H,1H3. The van der Waals surface area contributed by atoms with Crippen molar-refractivity contribution in [2.45, 2.75) is 5.16 Å². The highest BCUT2D eigenvalue weighted by molar-refractivity contribution is 7.90. The van der Waals surface area contributed by atoms with Crippen molar-refractivity contribution in [2.24, 2.45) is 0 Å². The molecular weight excluding hydrogens is 288 g/mol. The molecule has 1 aromatic carbocycles. The molecule has 0 N–H and O–H groups in total. The Morgan fingerprint density at radius 1 is 1.00 bits per heavy atom. The van der Waals surface area contributed by atoms with Crippen LogP contribution < -0.4 is 0 Å². The van der Waals surface area contributed by atoms with Gasteiger partial charge in [0.1, 0.15) is 0 Å². The fraction of sp³-hybridized carbons (Fsp3) is 0.0714. The minimum Gasteiger partial charge on any atom is -0.266 e. The second-order valence-corrected chi connectivity index (χ2v) is 6.40. The number of sulfone groups is 1. The summed E-state index contributed by atoms with van der Waals surface area (Å²) in [4.78, 5) is 4.04. The largest absolute Gasteiger partial charge is 0.266 e. The first-order chi connectivity index (χ1) is 10.1. The van der Waals surface area contributed by atoms with Crippen LogP contribution in [-0.2, 0) is 9.84 Å². The van der Waals surface area contributed by atoms with Gasteiger partial charge in [-0.1, -0.05) is 18.2 Å². The van der Waals surface area contributed by atoms with Gasteiger partial charge in [-0.2, -0.15) is 0 Å². The van der Waals surface area contributed by atoms with Crippen LogP contribution >= 0.6 is 0 Å². The minimum absolute atomic E-state index is 0.0902. The molecule has 0 aliphatic heterocycles. The second kappa shape index (κ2) is 5.10. The molecular formula is C14H12N4O2S. The molecule has 0 spiro atoms. The molecule has 0 radical (unpaired) electrons. The van der Waals surface area contributed by atoms with Crippen LogP contribution in [0.4, 0.5) is 0 Å². The summed E-state index contributed by atoms with van der Waals surface area (Å²) >= 11 is 0. The van der Waals surface area contributed by atoms with Gasteiger partial charge in [-0.15, -0.1) is 10.2 Å². The number of nitrogens with zero attached hydrogens (tertiary/aromatic N) is 4. The molecule has 2 aromatic heterocycles. The number of benzene rings is 1. The summed E-state index contributed by atoms with van der Waals surface area (Å²) in [6, 6.07) is 12.7. The molecule has 3 rings (SSSR count). The molecule has 2 heterocycles. The molecule has 0 amide bonds. The van der Waals surface area contributed by atoms with E-state index in [1.165, 1.54) is 4.57 Å². The van der Waals surface area contributed by atoms with Crippen molar-refractivity contribution in [3.8, 4) is 17.1 Å². The highest BCUT2D eigenvalue weighted by Crippen LogP contribution is 2.24. The lowest BCUT2D eigenvalue weighted by Gasteiger charge is -2.09. The Balaban J connectivity index is 2.31. The highest BCUT2D eigenvalue weighted by atomic mass is 32.2. The molecule has 0 fully saturated rings. The average Bonchev–Trinajstić information content (AvgIpc) is 2.94. The molecule has 21 heavy (non-hydrogen) atoms. The zero-order valence-corrected chi connectivity index (χ0v) is 12.0. The summed E-state index contributed by atoms with van der Waals surface area (Å²) in [5.41, 5.74) is 1.38. The van der Waals surface area contributed by atoms with Gasteiger partial charge in [-0.25, -0.2) is 8.42 Å². The Labute approximate surface area is 122 Å². The maximum atomic E-state index is 11.9. The minimum atomic E-state index is -3.50. The molecule has 0 atom stereocenters. The maximum Gasteiger partial charge on any atom is 0.254 e. The van der Waals surface area contributed by atoms with Crippen LogP contribution in [0.25, 0.3) is 17.1 Å². The summed E-state index contributed by atoms with van der Waals surface area (Å²) < 4.78 is 25.4. The van der Waals surface area contributed by atoms with E-state index in [9.17, 15) is 8.42 Å². The lowest BCUT2D eigenvalue weighted by atomic mass is 10.2. The van der Waals surface area contributed by atoms with E-state index in [1.54, 1.807) is 30.6 Å². The van der Waals surface area contributed by atoms with Gasteiger partial charge in [0.2, 0.25) is 9.84 Å². The van der Waals surface area contributed by atoms with Crippen molar-refractivity contribution in [3.63, 3.8) is 0 Å². The molecule has 0 saturated heterocycles. The quantitative estimate of drug-likeness (QED) is 0.736. The van der Waals surface area contributed by atoms with E-state index in [4.69, 9.17) is 0 Å². The van der Waals surface area contributed by atoms with E-state index in [1.807, 2.05) is 24.3 Å². The normalized spacial score (nSPS) is 11.5. The Kier molecular flexibility index (Phi) is 3.26. The van der Waals surface area contributed by atoms with E-state index < -0.39 is 9.84 Å². The fourth-order valence-electron chi connectivity index (χ4n) is 2.00. The van der Waals surface area contributed by atoms with Crippen molar-refractivity contribution in [2.75, 3.05) is 6.26 Å². The van der Waals surface area contributed by atoms with Gasteiger partial charge in [-0.3, -0.25) is 9.55 Å². The monoisotopic (exact) mass is 300 g/mol. The van der Waals surface area contributed by atoms with Crippen molar-refractivity contribution in [1.82, 2.24) is 19.7 Å². The zero-order valence-electron chi connectivity index (χ0n) is 11.2. The van der Waals surface area contributed by atoms with Crippen LogP contribution in [-0.4, -0.2) is 34.4 Å². The van der Waals surface area contributed by atoms with Gasteiger partial charge < -0.3 is 0 Å². The van der Waals surface area contributed by atoms with Gasteiger partial charge >= 0.3 is 0 Å². The van der Waals surface area contributed by atoms with Crippen molar-refractivity contribution < 1.29 is 8.42 Å². The molecule has 7 heteroatoms. The van der Waals surface area contributed by atoms with E-state index in [0.717, 1.165) is 6.26 Å². The van der Waals surface area contributed by atoms with E-state index in [0.29, 0.717) is 17.1 Å². The Bertz CT molecular complexity index is 859. The zero-order chi connectivity index (χ0) is 14.9. The van der Waals surface area contributed by atoms with Gasteiger partial charge in [0, 0.05) is 29.9 Å². The third-order valence-electron chi connectivity index (χ3n) is 2.90. The third-order valence-corrected chi connectivity index (χ3v) is 3.83. The smallest absolute Gasteiger partial charge is 0.254 e. The first-order valence-electron chi connectivity index (χ1n) is 6.18. The Morgan fingerprint density at radius 2 is 1.76 bits per heavy atom. The van der Waals surface area contributed by atoms with Crippen LogP contribution in [0.1, 0.15) is 0 Å². The van der Waals surface area contributed by atoms with Crippen molar-refractivity contribution >= 4 is 9.84 Å². The van der Waals surface area contributed by atoms with Crippen LogP contribution in [0.3, 0.4) is 0 Å². The maximum absolute atomic E-state index is 11.9. The average molecular weight is 300 g/mol. The first-order valence-corrected chi connectivity index (χ1v) is 8.08. The van der Waals surface area contributed by atoms with Crippen LogP contribution in [0.5, 0.6) is 0 Å². The molecule has 0 unspecified atom stereocenters. The van der Waals surface area contributed by atoms with Crippen molar-refractivity contribution in [1.29, 1.82) is 0 Å². The number of para-hydroxylation sites is 1. The van der Waals surface area contributed by atoms with Gasteiger partial charge in [0.15, 0.2) is 5.82 Å². The molecule has 6 nitrogen and oxygen atoms in total. The van der Waals surface area contributed by atoms with Crippen molar-refractivity contribution in [3.05, 3.63) is 54.9 Å². The number of aromatic nitrogens is 4. The molecule has 0 bridgehead atoms.